The first-order valence-electron chi connectivity index (χ1n) is 12.5. The second-order valence-electron chi connectivity index (χ2n) is 9.21. The molecule has 0 bridgehead atoms. The van der Waals surface area contributed by atoms with Gasteiger partial charge in [-0.3, -0.25) is 15.2 Å². The number of hydrogen-bond donors (Lipinski definition) is 1. The molecule has 0 saturated carbocycles. The number of ether oxygens (including phenoxy) is 1. The highest BCUT2D eigenvalue weighted by Gasteiger charge is 2.18. The van der Waals surface area contributed by atoms with Crippen molar-refractivity contribution < 1.29 is 9.53 Å². The molecule has 1 saturated heterocycles. The molecule has 1 fully saturated rings. The summed E-state index contributed by atoms with van der Waals surface area (Å²) in [6.45, 7) is 6.56. The standard InChI is InChI=1S/C30H28N6O2/c1-22-4-10-27(17-28(22)25-7-5-23(18-31)6-8-25)38-30(37)34-26-9-11-29(33-20-26)36-15-13-35(14-16-36)21-24-3-2-12-32-19-24/h2-12,17,19-20H,13-16,21H2,1H3,(H,34,37). The molecule has 8 nitrogen and oxygen atoms in total. The van der Waals surface area contributed by atoms with E-state index in [4.69, 9.17) is 10.00 Å². The Bertz CT molecular complexity index is 1420. The van der Waals surface area contributed by atoms with Crippen LogP contribution in [0.3, 0.4) is 0 Å². The summed E-state index contributed by atoms with van der Waals surface area (Å²) in [6.07, 6.45) is 4.77. The molecule has 1 aliphatic heterocycles. The van der Waals surface area contributed by atoms with Gasteiger partial charge in [0.15, 0.2) is 0 Å². The van der Waals surface area contributed by atoms with E-state index in [2.05, 4.69) is 37.2 Å². The van der Waals surface area contributed by atoms with Crippen molar-refractivity contribution in [1.29, 1.82) is 5.26 Å². The fourth-order valence-electron chi connectivity index (χ4n) is 4.48. The Morgan fingerprint density at radius 3 is 2.53 bits per heavy atom. The normalized spacial score (nSPS) is 13.5. The third-order valence-electron chi connectivity index (χ3n) is 6.56. The molecule has 38 heavy (non-hydrogen) atoms. The third-order valence-corrected chi connectivity index (χ3v) is 6.56. The molecule has 3 heterocycles. The molecule has 2 aromatic heterocycles. The number of aromatic nitrogens is 2. The van der Waals surface area contributed by atoms with E-state index in [1.807, 2.05) is 55.6 Å². The monoisotopic (exact) mass is 504 g/mol. The molecular weight excluding hydrogens is 476 g/mol. The number of carbonyl (C=O) groups is 1. The minimum atomic E-state index is -0.585. The Hall–Kier alpha value is -4.74. The molecule has 5 rings (SSSR count). The minimum absolute atomic E-state index is 0.432. The van der Waals surface area contributed by atoms with Gasteiger partial charge < -0.3 is 9.64 Å². The lowest BCUT2D eigenvalue weighted by Gasteiger charge is -2.35. The third kappa shape index (κ3) is 6.14. The van der Waals surface area contributed by atoms with Crippen LogP contribution in [0.4, 0.5) is 16.3 Å². The summed E-state index contributed by atoms with van der Waals surface area (Å²) in [5.41, 5.74) is 5.31. The highest BCUT2D eigenvalue weighted by molar-refractivity contribution is 5.86. The molecule has 0 radical (unpaired) electrons. The van der Waals surface area contributed by atoms with E-state index in [1.165, 1.54) is 5.56 Å². The molecule has 8 heteroatoms. The fourth-order valence-corrected chi connectivity index (χ4v) is 4.48. The van der Waals surface area contributed by atoms with Gasteiger partial charge in [-0.05, 0) is 71.6 Å². The van der Waals surface area contributed by atoms with E-state index in [0.717, 1.165) is 55.2 Å². The van der Waals surface area contributed by atoms with Crippen molar-refractivity contribution in [1.82, 2.24) is 14.9 Å². The van der Waals surface area contributed by atoms with Crippen LogP contribution in [0.25, 0.3) is 11.1 Å². The summed E-state index contributed by atoms with van der Waals surface area (Å²) in [7, 11) is 0. The van der Waals surface area contributed by atoms with Gasteiger partial charge in [-0.2, -0.15) is 5.26 Å². The van der Waals surface area contributed by atoms with E-state index in [-0.39, 0.29) is 0 Å². The van der Waals surface area contributed by atoms with Gasteiger partial charge in [0.2, 0.25) is 0 Å². The number of amides is 1. The molecule has 4 aromatic rings. The Balaban J connectivity index is 1.15. The van der Waals surface area contributed by atoms with Crippen LogP contribution < -0.4 is 15.0 Å². The molecule has 0 spiro atoms. The molecule has 190 valence electrons. The Morgan fingerprint density at radius 2 is 1.84 bits per heavy atom. The predicted octanol–water partition coefficient (Wildman–Crippen LogP) is 5.26. The average Bonchev–Trinajstić information content (AvgIpc) is 2.95. The van der Waals surface area contributed by atoms with E-state index >= 15 is 0 Å². The van der Waals surface area contributed by atoms with Crippen LogP contribution in [-0.4, -0.2) is 47.1 Å². The number of benzene rings is 2. The van der Waals surface area contributed by atoms with Crippen LogP contribution >= 0.6 is 0 Å². The number of pyridine rings is 2. The maximum absolute atomic E-state index is 12.6. The summed E-state index contributed by atoms with van der Waals surface area (Å²) >= 11 is 0. The number of hydrogen-bond acceptors (Lipinski definition) is 7. The van der Waals surface area contributed by atoms with Crippen LogP contribution in [0.5, 0.6) is 5.75 Å². The molecule has 1 aliphatic rings. The van der Waals surface area contributed by atoms with Crippen LogP contribution in [0.15, 0.2) is 85.3 Å². The van der Waals surface area contributed by atoms with Gasteiger partial charge in [0, 0.05) is 45.1 Å². The minimum Gasteiger partial charge on any atom is -0.410 e. The van der Waals surface area contributed by atoms with Crippen molar-refractivity contribution in [3.8, 4) is 22.9 Å². The number of aryl methyl sites for hydroxylation is 1. The molecule has 2 aromatic carbocycles. The smallest absolute Gasteiger partial charge is 0.410 e. The summed E-state index contributed by atoms with van der Waals surface area (Å²) in [5, 5.41) is 11.8. The number of carbonyl (C=O) groups excluding carboxylic acids is 1. The van der Waals surface area contributed by atoms with E-state index in [1.54, 1.807) is 30.6 Å². The van der Waals surface area contributed by atoms with Gasteiger partial charge in [-0.15, -0.1) is 0 Å². The zero-order valence-corrected chi connectivity index (χ0v) is 21.2. The summed E-state index contributed by atoms with van der Waals surface area (Å²) in [6, 6.07) is 22.8. The average molecular weight is 505 g/mol. The van der Waals surface area contributed by atoms with E-state index in [0.29, 0.717) is 17.0 Å². The van der Waals surface area contributed by atoms with E-state index in [9.17, 15) is 4.79 Å². The van der Waals surface area contributed by atoms with Crippen molar-refractivity contribution in [2.45, 2.75) is 13.5 Å². The zero-order chi connectivity index (χ0) is 26.3. The molecule has 0 aliphatic carbocycles. The summed E-state index contributed by atoms with van der Waals surface area (Å²) < 4.78 is 5.54. The van der Waals surface area contributed by atoms with Gasteiger partial charge in [0.1, 0.15) is 11.6 Å². The van der Waals surface area contributed by atoms with Crippen LogP contribution in [-0.2, 0) is 6.54 Å². The second kappa shape index (κ2) is 11.5. The van der Waals surface area contributed by atoms with E-state index < -0.39 is 6.09 Å². The Kier molecular flexibility index (Phi) is 7.57. The molecule has 0 unspecified atom stereocenters. The van der Waals surface area contributed by atoms with Crippen molar-refractivity contribution in [2.75, 3.05) is 36.4 Å². The molecule has 0 atom stereocenters. The largest absolute Gasteiger partial charge is 0.417 e. The van der Waals surface area contributed by atoms with Gasteiger partial charge in [0.05, 0.1) is 23.5 Å². The lowest BCUT2D eigenvalue weighted by atomic mass is 9.99. The zero-order valence-electron chi connectivity index (χ0n) is 21.2. The maximum atomic E-state index is 12.6. The Labute approximate surface area is 222 Å². The highest BCUT2D eigenvalue weighted by Crippen LogP contribution is 2.28. The lowest BCUT2D eigenvalue weighted by molar-refractivity contribution is 0.215. The van der Waals surface area contributed by atoms with Gasteiger partial charge in [-0.25, -0.2) is 9.78 Å². The maximum Gasteiger partial charge on any atom is 0.417 e. The van der Waals surface area contributed by atoms with Crippen molar-refractivity contribution >= 4 is 17.6 Å². The first-order valence-corrected chi connectivity index (χ1v) is 12.5. The predicted molar refractivity (Wildman–Crippen MR) is 147 cm³/mol. The first-order chi connectivity index (χ1) is 18.6. The second-order valence-corrected chi connectivity index (χ2v) is 9.21. The van der Waals surface area contributed by atoms with Crippen LogP contribution in [0.1, 0.15) is 16.7 Å². The highest BCUT2D eigenvalue weighted by atomic mass is 16.6. The number of piperazine rings is 1. The molecule has 1 amide bonds. The quantitative estimate of drug-likeness (QED) is 0.383. The number of anilines is 2. The van der Waals surface area contributed by atoms with Crippen LogP contribution in [0.2, 0.25) is 0 Å². The number of nitrogens with one attached hydrogen (secondary N) is 1. The van der Waals surface area contributed by atoms with Crippen molar-refractivity contribution in [3.05, 3.63) is 102 Å². The fraction of sp³-hybridized carbons (Fsp3) is 0.200. The first kappa shape index (κ1) is 24.9. The SMILES string of the molecule is Cc1ccc(OC(=O)Nc2ccc(N3CCN(Cc4cccnc4)CC3)nc2)cc1-c1ccc(C#N)cc1. The van der Waals surface area contributed by atoms with Gasteiger partial charge >= 0.3 is 6.09 Å². The molecule has 1 N–H and O–H groups in total. The molecular formula is C30H28N6O2. The van der Waals surface area contributed by atoms with Gasteiger partial charge in [-0.1, -0.05) is 24.3 Å². The van der Waals surface area contributed by atoms with Crippen molar-refractivity contribution in [2.24, 2.45) is 0 Å². The number of nitriles is 1. The van der Waals surface area contributed by atoms with Crippen molar-refractivity contribution in [3.63, 3.8) is 0 Å². The topological polar surface area (TPSA) is 94.4 Å². The summed E-state index contributed by atoms with van der Waals surface area (Å²) in [4.78, 5) is 26.0. The lowest BCUT2D eigenvalue weighted by Crippen LogP contribution is -2.46. The van der Waals surface area contributed by atoms with Crippen LogP contribution in [0, 0.1) is 18.3 Å². The summed E-state index contributed by atoms with van der Waals surface area (Å²) in [5.74, 6) is 1.32. The number of rotatable bonds is 6. The van der Waals surface area contributed by atoms with Gasteiger partial charge in [0.25, 0.3) is 0 Å². The Morgan fingerprint density at radius 1 is 1.03 bits per heavy atom. The number of nitrogens with zero attached hydrogens (tertiary/aromatic N) is 5.